The van der Waals surface area contributed by atoms with Crippen molar-refractivity contribution >= 4 is 40.0 Å². The molecule has 0 saturated carbocycles. The molecule has 0 aliphatic rings. The van der Waals surface area contributed by atoms with Gasteiger partial charge in [-0.05, 0) is 40.8 Å². The molecule has 0 N–H and O–H groups in total. The molecular weight excluding hydrogens is 351 g/mol. The highest BCUT2D eigenvalue weighted by molar-refractivity contribution is 14.1. The molecule has 2 rings (SSSR count). The normalized spacial score (nSPS) is 10.5. The minimum Gasteiger partial charge on any atom is -0.338 e. The van der Waals surface area contributed by atoms with Gasteiger partial charge in [-0.15, -0.1) is 0 Å². The Morgan fingerprint density at radius 2 is 2.29 bits per heavy atom. The summed E-state index contributed by atoms with van der Waals surface area (Å²) in [5.41, 5.74) is 0.654. The van der Waals surface area contributed by atoms with Crippen LogP contribution in [0.3, 0.4) is 0 Å². The van der Waals surface area contributed by atoms with Crippen molar-refractivity contribution in [1.29, 1.82) is 0 Å². The van der Waals surface area contributed by atoms with E-state index in [-0.39, 0.29) is 5.78 Å². The molecule has 5 heteroatoms. The number of carbonyl (C=O) groups excluding carboxylic acids is 1. The number of benzene rings is 1. The number of hydrogen-bond donors (Lipinski definition) is 0. The molecule has 0 aliphatic carbocycles. The van der Waals surface area contributed by atoms with Crippen molar-refractivity contribution in [2.45, 2.75) is 6.42 Å². The Labute approximate surface area is 118 Å². The first-order valence-corrected chi connectivity index (χ1v) is 6.48. The third kappa shape index (κ3) is 2.87. The lowest BCUT2D eigenvalue weighted by atomic mass is 10.1. The summed E-state index contributed by atoms with van der Waals surface area (Å²) in [4.78, 5) is 16.3. The minimum absolute atomic E-state index is 0.0335. The van der Waals surface area contributed by atoms with Gasteiger partial charge in [0.2, 0.25) is 0 Å². The van der Waals surface area contributed by atoms with Crippen molar-refractivity contribution in [3.05, 3.63) is 50.6 Å². The maximum absolute atomic E-state index is 12.1. The number of aryl methyl sites for hydroxylation is 1. The van der Waals surface area contributed by atoms with E-state index in [2.05, 4.69) is 27.6 Å². The number of rotatable bonds is 3. The topological polar surface area (TPSA) is 34.9 Å². The first-order valence-electron chi connectivity index (χ1n) is 5.02. The largest absolute Gasteiger partial charge is 0.338 e. The summed E-state index contributed by atoms with van der Waals surface area (Å²) >= 11 is 8.03. The van der Waals surface area contributed by atoms with Crippen molar-refractivity contribution in [2.24, 2.45) is 7.05 Å². The highest BCUT2D eigenvalue weighted by atomic mass is 127. The van der Waals surface area contributed by atoms with Gasteiger partial charge in [0.1, 0.15) is 5.82 Å². The Kier molecular flexibility index (Phi) is 3.83. The van der Waals surface area contributed by atoms with E-state index in [9.17, 15) is 4.79 Å². The summed E-state index contributed by atoms with van der Waals surface area (Å²) in [5, 5.41) is 0.577. The van der Waals surface area contributed by atoms with E-state index < -0.39 is 0 Å². The molecule has 0 bridgehead atoms. The van der Waals surface area contributed by atoms with Gasteiger partial charge >= 0.3 is 0 Å². The van der Waals surface area contributed by atoms with Crippen LogP contribution < -0.4 is 0 Å². The predicted molar refractivity (Wildman–Crippen MR) is 75.4 cm³/mol. The zero-order valence-electron chi connectivity index (χ0n) is 9.15. The molecule has 0 radical (unpaired) electrons. The van der Waals surface area contributed by atoms with E-state index >= 15 is 0 Å². The van der Waals surface area contributed by atoms with Crippen molar-refractivity contribution < 1.29 is 4.79 Å². The van der Waals surface area contributed by atoms with Gasteiger partial charge in [0.05, 0.1) is 6.42 Å². The summed E-state index contributed by atoms with van der Waals surface area (Å²) in [6.45, 7) is 0. The zero-order valence-corrected chi connectivity index (χ0v) is 12.1. The Balaban J connectivity index is 2.26. The first-order chi connectivity index (χ1) is 8.08. The minimum atomic E-state index is 0.0335. The van der Waals surface area contributed by atoms with Crippen LogP contribution in [0.2, 0.25) is 5.02 Å². The molecule has 2 aromatic rings. The molecule has 88 valence electrons. The van der Waals surface area contributed by atoms with E-state index in [0.717, 1.165) is 9.39 Å². The number of imidazole rings is 1. The average molecular weight is 361 g/mol. The number of hydrogen-bond acceptors (Lipinski definition) is 2. The summed E-state index contributed by atoms with van der Waals surface area (Å²) in [5.74, 6) is 0.789. The van der Waals surface area contributed by atoms with Gasteiger partial charge in [-0.2, -0.15) is 0 Å². The number of aromatic nitrogens is 2. The van der Waals surface area contributed by atoms with Gasteiger partial charge in [0.15, 0.2) is 5.78 Å². The van der Waals surface area contributed by atoms with Crippen LogP contribution in [0.1, 0.15) is 16.2 Å². The molecule has 0 unspecified atom stereocenters. The number of carbonyl (C=O) groups is 1. The average Bonchev–Trinajstić information content (AvgIpc) is 2.68. The lowest BCUT2D eigenvalue weighted by molar-refractivity contribution is 0.0989. The molecular formula is C12H10ClIN2O. The van der Waals surface area contributed by atoms with Crippen LogP contribution in [0, 0.1) is 3.57 Å². The van der Waals surface area contributed by atoms with Crippen molar-refractivity contribution in [1.82, 2.24) is 9.55 Å². The Hall–Kier alpha value is -0.880. The number of halogens is 2. The van der Waals surface area contributed by atoms with Crippen LogP contribution in [-0.4, -0.2) is 15.3 Å². The molecule has 3 nitrogen and oxygen atoms in total. The quantitative estimate of drug-likeness (QED) is 0.623. The highest BCUT2D eigenvalue weighted by Gasteiger charge is 2.13. The molecule has 0 atom stereocenters. The fourth-order valence-electron chi connectivity index (χ4n) is 1.52. The zero-order chi connectivity index (χ0) is 12.4. The fraction of sp³-hybridized carbons (Fsp3) is 0.167. The van der Waals surface area contributed by atoms with Gasteiger partial charge in [0.25, 0.3) is 0 Å². The maximum atomic E-state index is 12.1. The summed E-state index contributed by atoms with van der Waals surface area (Å²) in [6.07, 6.45) is 3.80. The molecule has 0 amide bonds. The highest BCUT2D eigenvalue weighted by Crippen LogP contribution is 2.19. The number of ketones is 1. The predicted octanol–water partition coefficient (Wildman–Crippen LogP) is 3.10. The van der Waals surface area contributed by atoms with Crippen molar-refractivity contribution in [3.63, 3.8) is 0 Å². The lowest BCUT2D eigenvalue weighted by Crippen LogP contribution is -2.09. The lowest BCUT2D eigenvalue weighted by Gasteiger charge is -2.04. The van der Waals surface area contributed by atoms with Crippen LogP contribution in [0.15, 0.2) is 30.6 Å². The van der Waals surface area contributed by atoms with Gasteiger partial charge in [-0.25, -0.2) is 4.98 Å². The number of Topliss-reactive ketones (excluding diaryl/α,β-unsaturated/α-hetero) is 1. The summed E-state index contributed by atoms with van der Waals surface area (Å²) < 4.78 is 2.75. The van der Waals surface area contributed by atoms with Crippen molar-refractivity contribution in [2.75, 3.05) is 0 Å². The Morgan fingerprint density at radius 1 is 1.53 bits per heavy atom. The van der Waals surface area contributed by atoms with E-state index in [1.54, 1.807) is 18.3 Å². The second kappa shape index (κ2) is 5.18. The summed E-state index contributed by atoms with van der Waals surface area (Å²) in [6, 6.07) is 5.32. The van der Waals surface area contributed by atoms with Crippen LogP contribution in [-0.2, 0) is 13.5 Å². The van der Waals surface area contributed by atoms with E-state index in [1.165, 1.54) is 0 Å². The second-order valence-electron chi connectivity index (χ2n) is 3.68. The molecule has 17 heavy (non-hydrogen) atoms. The molecule has 0 spiro atoms. The smallest absolute Gasteiger partial charge is 0.171 e. The summed E-state index contributed by atoms with van der Waals surface area (Å²) in [7, 11) is 1.87. The third-order valence-corrected chi connectivity index (χ3v) is 3.64. The third-order valence-electron chi connectivity index (χ3n) is 2.47. The van der Waals surface area contributed by atoms with E-state index in [1.807, 2.05) is 23.9 Å². The molecule has 0 saturated heterocycles. The molecule has 1 aromatic heterocycles. The molecule has 1 aromatic carbocycles. The van der Waals surface area contributed by atoms with Gasteiger partial charge in [-0.3, -0.25) is 4.79 Å². The van der Waals surface area contributed by atoms with E-state index in [0.29, 0.717) is 17.0 Å². The molecule has 0 aliphatic heterocycles. The van der Waals surface area contributed by atoms with E-state index in [4.69, 9.17) is 11.6 Å². The van der Waals surface area contributed by atoms with Crippen LogP contribution in [0.4, 0.5) is 0 Å². The Morgan fingerprint density at radius 3 is 2.94 bits per heavy atom. The first kappa shape index (κ1) is 12.6. The maximum Gasteiger partial charge on any atom is 0.171 e. The van der Waals surface area contributed by atoms with Gasteiger partial charge < -0.3 is 4.57 Å². The van der Waals surface area contributed by atoms with Gasteiger partial charge in [0, 0.05) is 33.6 Å². The standard InChI is InChI=1S/C12H10ClIN2O/c1-16-5-4-15-12(16)7-11(17)9-6-8(13)2-3-10(9)14/h2-6H,7H2,1H3. The molecule has 1 heterocycles. The SMILES string of the molecule is Cn1ccnc1CC(=O)c1cc(Cl)ccc1I. The van der Waals surface area contributed by atoms with Crippen molar-refractivity contribution in [3.8, 4) is 0 Å². The van der Waals surface area contributed by atoms with Crippen LogP contribution >= 0.6 is 34.2 Å². The number of nitrogens with zero attached hydrogens (tertiary/aromatic N) is 2. The monoisotopic (exact) mass is 360 g/mol. The van der Waals surface area contributed by atoms with Gasteiger partial charge in [-0.1, -0.05) is 11.6 Å². The fourth-order valence-corrected chi connectivity index (χ4v) is 2.33. The molecule has 0 fully saturated rings. The van der Waals surface area contributed by atoms with Crippen LogP contribution in [0.5, 0.6) is 0 Å². The van der Waals surface area contributed by atoms with Crippen LogP contribution in [0.25, 0.3) is 0 Å². The second-order valence-corrected chi connectivity index (χ2v) is 5.28. The Bertz CT molecular complexity index is 565.